The molecule has 0 saturated heterocycles. The van der Waals surface area contributed by atoms with E-state index in [0.29, 0.717) is 0 Å². The van der Waals surface area contributed by atoms with Gasteiger partial charge in [-0.1, -0.05) is 47.0 Å². The minimum absolute atomic E-state index is 0.0884. The van der Waals surface area contributed by atoms with E-state index in [1.54, 1.807) is 0 Å². The minimum atomic E-state index is -0.0884. The van der Waals surface area contributed by atoms with Crippen LogP contribution in [0.5, 0.6) is 0 Å². The maximum Gasteiger partial charge on any atom is 0.0925 e. The van der Waals surface area contributed by atoms with Crippen molar-refractivity contribution in [3.8, 4) is 0 Å². The number of nitrogens with zero attached hydrogens (tertiary/aromatic N) is 2. The molecule has 90 valence electrons. The first-order chi connectivity index (χ1) is 8.84. The van der Waals surface area contributed by atoms with Crippen LogP contribution in [0.3, 0.4) is 0 Å². The Morgan fingerprint density at radius 1 is 1.11 bits per heavy atom. The topological polar surface area (TPSA) is 51.8 Å². The smallest absolute Gasteiger partial charge is 0.0925 e. The second kappa shape index (κ2) is 4.84. The van der Waals surface area contributed by atoms with Crippen molar-refractivity contribution < 1.29 is 0 Å². The summed E-state index contributed by atoms with van der Waals surface area (Å²) >= 11 is 1.34. The molecule has 0 aliphatic heterocycles. The van der Waals surface area contributed by atoms with Crippen LogP contribution >= 0.6 is 11.5 Å². The Labute approximate surface area is 109 Å². The van der Waals surface area contributed by atoms with Crippen molar-refractivity contribution in [3.05, 3.63) is 59.1 Å². The Bertz CT molecular complexity index is 644. The zero-order valence-corrected chi connectivity index (χ0v) is 10.6. The van der Waals surface area contributed by atoms with Gasteiger partial charge in [0.25, 0.3) is 0 Å². The van der Waals surface area contributed by atoms with Crippen molar-refractivity contribution >= 4 is 22.3 Å². The molecule has 2 aromatic carbocycles. The molecule has 1 heterocycles. The molecule has 0 amide bonds. The van der Waals surface area contributed by atoms with E-state index in [4.69, 9.17) is 5.73 Å². The number of nitrogens with two attached hydrogens (primary N) is 1. The highest BCUT2D eigenvalue weighted by Crippen LogP contribution is 2.22. The SMILES string of the molecule is NC(Cc1cccc2ccccc12)c1csnn1. The van der Waals surface area contributed by atoms with E-state index in [0.717, 1.165) is 12.1 Å². The molecule has 0 fully saturated rings. The van der Waals surface area contributed by atoms with Gasteiger partial charge in [-0.05, 0) is 34.3 Å². The molecule has 1 aromatic heterocycles. The molecule has 0 radical (unpaired) electrons. The summed E-state index contributed by atoms with van der Waals surface area (Å²) in [4.78, 5) is 0. The molecular formula is C14H13N3S. The molecule has 4 heteroatoms. The molecule has 0 aliphatic rings. The average Bonchev–Trinajstić information content (AvgIpc) is 2.93. The van der Waals surface area contributed by atoms with Gasteiger partial charge in [-0.25, -0.2) is 0 Å². The minimum Gasteiger partial charge on any atom is -0.322 e. The van der Waals surface area contributed by atoms with Crippen LogP contribution in [0.1, 0.15) is 17.3 Å². The van der Waals surface area contributed by atoms with Crippen molar-refractivity contribution in [2.45, 2.75) is 12.5 Å². The lowest BCUT2D eigenvalue weighted by Crippen LogP contribution is -2.14. The predicted octanol–water partition coefficient (Wildman–Crippen LogP) is 2.93. The van der Waals surface area contributed by atoms with Crippen LogP contribution in [0, 0.1) is 0 Å². The molecule has 0 spiro atoms. The second-order valence-electron chi connectivity index (χ2n) is 4.28. The molecule has 3 nitrogen and oxygen atoms in total. The van der Waals surface area contributed by atoms with Crippen molar-refractivity contribution in [2.24, 2.45) is 5.73 Å². The number of hydrogen-bond donors (Lipinski definition) is 1. The number of fused-ring (bicyclic) bond motifs is 1. The number of rotatable bonds is 3. The van der Waals surface area contributed by atoms with Crippen LogP contribution in [-0.4, -0.2) is 9.59 Å². The highest BCUT2D eigenvalue weighted by atomic mass is 32.1. The van der Waals surface area contributed by atoms with Gasteiger partial charge in [-0.15, -0.1) is 5.10 Å². The molecule has 18 heavy (non-hydrogen) atoms. The third-order valence-electron chi connectivity index (χ3n) is 3.08. The highest BCUT2D eigenvalue weighted by Gasteiger charge is 2.11. The number of benzene rings is 2. The lowest BCUT2D eigenvalue weighted by molar-refractivity contribution is 0.695. The Morgan fingerprint density at radius 2 is 1.94 bits per heavy atom. The van der Waals surface area contributed by atoms with Gasteiger partial charge >= 0.3 is 0 Å². The molecule has 0 saturated carbocycles. The summed E-state index contributed by atoms with van der Waals surface area (Å²) in [5, 5.41) is 8.46. The first-order valence-corrected chi connectivity index (χ1v) is 6.67. The van der Waals surface area contributed by atoms with Gasteiger partial charge in [0.15, 0.2) is 0 Å². The van der Waals surface area contributed by atoms with Crippen LogP contribution in [0.25, 0.3) is 10.8 Å². The van der Waals surface area contributed by atoms with Gasteiger partial charge in [0, 0.05) is 5.38 Å². The average molecular weight is 255 g/mol. The molecule has 3 aromatic rings. The molecule has 0 aliphatic carbocycles. The van der Waals surface area contributed by atoms with Crippen LogP contribution in [0.4, 0.5) is 0 Å². The molecule has 1 unspecified atom stereocenters. The Kier molecular flexibility index (Phi) is 3.04. The summed E-state index contributed by atoms with van der Waals surface area (Å²) in [6.45, 7) is 0. The van der Waals surface area contributed by atoms with E-state index in [9.17, 15) is 0 Å². The zero-order valence-electron chi connectivity index (χ0n) is 9.78. The van der Waals surface area contributed by atoms with Crippen molar-refractivity contribution in [3.63, 3.8) is 0 Å². The highest BCUT2D eigenvalue weighted by molar-refractivity contribution is 7.03. The Balaban J connectivity index is 1.95. The monoisotopic (exact) mass is 255 g/mol. The summed E-state index contributed by atoms with van der Waals surface area (Å²) in [5.41, 5.74) is 8.29. The lowest BCUT2D eigenvalue weighted by atomic mass is 9.98. The fourth-order valence-corrected chi connectivity index (χ4v) is 2.66. The van der Waals surface area contributed by atoms with Crippen LogP contribution in [0.2, 0.25) is 0 Å². The first-order valence-electron chi connectivity index (χ1n) is 5.84. The van der Waals surface area contributed by atoms with Gasteiger partial charge in [0.2, 0.25) is 0 Å². The van der Waals surface area contributed by atoms with Gasteiger partial charge in [0.1, 0.15) is 0 Å². The maximum atomic E-state index is 6.17. The summed E-state index contributed by atoms with van der Waals surface area (Å²) in [6, 6.07) is 14.6. The third kappa shape index (κ3) is 2.12. The van der Waals surface area contributed by atoms with Crippen molar-refractivity contribution in [1.82, 2.24) is 9.59 Å². The van der Waals surface area contributed by atoms with Gasteiger partial charge < -0.3 is 5.73 Å². The van der Waals surface area contributed by atoms with E-state index >= 15 is 0 Å². The van der Waals surface area contributed by atoms with E-state index in [-0.39, 0.29) is 6.04 Å². The normalized spacial score (nSPS) is 12.7. The van der Waals surface area contributed by atoms with Crippen LogP contribution < -0.4 is 5.73 Å². The summed E-state index contributed by atoms with van der Waals surface area (Å²) in [5.74, 6) is 0. The van der Waals surface area contributed by atoms with Crippen molar-refractivity contribution in [2.75, 3.05) is 0 Å². The van der Waals surface area contributed by atoms with Crippen LogP contribution in [-0.2, 0) is 6.42 Å². The molecule has 2 N–H and O–H groups in total. The summed E-state index contributed by atoms with van der Waals surface area (Å²) in [7, 11) is 0. The van der Waals surface area contributed by atoms with Crippen LogP contribution in [0.15, 0.2) is 47.8 Å². The largest absolute Gasteiger partial charge is 0.322 e. The third-order valence-corrected chi connectivity index (χ3v) is 3.60. The molecule has 1 atom stereocenters. The van der Waals surface area contributed by atoms with Gasteiger partial charge in [-0.2, -0.15) is 0 Å². The first kappa shape index (κ1) is 11.3. The van der Waals surface area contributed by atoms with E-state index in [1.165, 1.54) is 27.9 Å². The summed E-state index contributed by atoms with van der Waals surface area (Å²) in [6.07, 6.45) is 0.784. The van der Waals surface area contributed by atoms with E-state index < -0.39 is 0 Å². The van der Waals surface area contributed by atoms with E-state index in [1.807, 2.05) is 5.38 Å². The fourth-order valence-electron chi connectivity index (χ4n) is 2.15. The van der Waals surface area contributed by atoms with Crippen molar-refractivity contribution in [1.29, 1.82) is 0 Å². The zero-order chi connectivity index (χ0) is 12.4. The molecular weight excluding hydrogens is 242 g/mol. The lowest BCUT2D eigenvalue weighted by Gasteiger charge is -2.11. The summed E-state index contributed by atoms with van der Waals surface area (Å²) < 4.78 is 3.86. The molecule has 0 bridgehead atoms. The van der Waals surface area contributed by atoms with Gasteiger partial charge in [-0.3, -0.25) is 0 Å². The standard InChI is InChI=1S/C14H13N3S/c15-13(14-9-18-17-16-14)8-11-6-3-5-10-4-1-2-7-12(10)11/h1-7,9,13H,8,15H2. The quantitative estimate of drug-likeness (QED) is 0.783. The Hall–Kier alpha value is -1.78. The fraction of sp³-hybridized carbons (Fsp3) is 0.143. The predicted molar refractivity (Wildman–Crippen MR) is 74.5 cm³/mol. The second-order valence-corrected chi connectivity index (χ2v) is 4.89. The van der Waals surface area contributed by atoms with Gasteiger partial charge in [0.05, 0.1) is 11.7 Å². The Morgan fingerprint density at radius 3 is 2.78 bits per heavy atom. The maximum absolute atomic E-state index is 6.17. The number of aromatic nitrogens is 2. The van der Waals surface area contributed by atoms with E-state index in [2.05, 4.69) is 52.1 Å². The number of hydrogen-bond acceptors (Lipinski definition) is 4. The molecule has 3 rings (SSSR count).